The first-order valence-electron chi connectivity index (χ1n) is 6.05. The largest absolute Gasteiger partial charge is 0.480 e. The molecule has 0 spiro atoms. The average Bonchev–Trinajstić information content (AvgIpc) is 2.32. The molecule has 110 valence electrons. The van der Waals surface area contributed by atoms with E-state index in [0.717, 1.165) is 18.6 Å². The molecule has 20 heavy (non-hydrogen) atoms. The van der Waals surface area contributed by atoms with Gasteiger partial charge in [-0.25, -0.2) is 13.6 Å². The maximum absolute atomic E-state index is 13.6. The molecule has 7 heteroatoms. The highest BCUT2D eigenvalue weighted by atomic mass is 79.9. The summed E-state index contributed by atoms with van der Waals surface area (Å²) >= 11 is 2.90. The van der Waals surface area contributed by atoms with Crippen LogP contribution in [-0.2, 0) is 4.79 Å². The topological polar surface area (TPSA) is 66.4 Å². The summed E-state index contributed by atoms with van der Waals surface area (Å²) in [4.78, 5) is 22.8. The van der Waals surface area contributed by atoms with Crippen molar-refractivity contribution >= 4 is 27.8 Å². The number of amides is 1. The number of benzene rings is 1. The van der Waals surface area contributed by atoms with Crippen molar-refractivity contribution in [3.8, 4) is 0 Å². The zero-order chi connectivity index (χ0) is 15.3. The fourth-order valence-corrected chi connectivity index (χ4v) is 2.06. The van der Waals surface area contributed by atoms with E-state index in [0.29, 0.717) is 6.42 Å². The second-order valence-corrected chi connectivity index (χ2v) is 5.17. The molecule has 0 heterocycles. The third-order valence-electron chi connectivity index (χ3n) is 2.68. The molecular weight excluding hydrogens is 336 g/mol. The summed E-state index contributed by atoms with van der Waals surface area (Å²) in [5.41, 5.74) is -0.782. The predicted octanol–water partition coefficient (Wildman–Crippen LogP) is 3.10. The van der Waals surface area contributed by atoms with Crippen LogP contribution in [0.3, 0.4) is 0 Å². The van der Waals surface area contributed by atoms with Crippen molar-refractivity contribution in [3.05, 3.63) is 33.8 Å². The Balaban J connectivity index is 2.92. The molecule has 1 rings (SSSR count). The van der Waals surface area contributed by atoms with Crippen LogP contribution in [0.25, 0.3) is 0 Å². The summed E-state index contributed by atoms with van der Waals surface area (Å²) in [6, 6.07) is 0.726. The number of carboxylic acids is 1. The molecule has 0 aliphatic carbocycles. The molecule has 0 aliphatic rings. The summed E-state index contributed by atoms with van der Waals surface area (Å²) in [6.45, 7) is 1.87. The van der Waals surface area contributed by atoms with E-state index in [1.807, 2.05) is 6.92 Å². The Morgan fingerprint density at radius 3 is 2.35 bits per heavy atom. The molecule has 1 aromatic carbocycles. The summed E-state index contributed by atoms with van der Waals surface area (Å²) in [7, 11) is 0. The zero-order valence-corrected chi connectivity index (χ0v) is 12.3. The van der Waals surface area contributed by atoms with E-state index < -0.39 is 35.1 Å². The number of unbranched alkanes of at least 4 members (excludes halogenated alkanes) is 1. The Morgan fingerprint density at radius 1 is 1.35 bits per heavy atom. The van der Waals surface area contributed by atoms with Crippen molar-refractivity contribution in [2.75, 3.05) is 0 Å². The highest BCUT2D eigenvalue weighted by Crippen LogP contribution is 2.19. The molecule has 0 fully saturated rings. The SMILES string of the molecule is CCCC[C@H](NC(=O)c1c(F)cc(Br)cc1F)C(=O)O. The Bertz CT molecular complexity index is 499. The fraction of sp³-hybridized carbons (Fsp3) is 0.385. The maximum Gasteiger partial charge on any atom is 0.326 e. The molecule has 4 nitrogen and oxygen atoms in total. The first kappa shape index (κ1) is 16.6. The summed E-state index contributed by atoms with van der Waals surface area (Å²) in [6.07, 6.45) is 1.54. The van der Waals surface area contributed by atoms with Gasteiger partial charge >= 0.3 is 5.97 Å². The fourth-order valence-electron chi connectivity index (χ4n) is 1.66. The first-order valence-corrected chi connectivity index (χ1v) is 6.84. The van der Waals surface area contributed by atoms with Gasteiger partial charge in [0.15, 0.2) is 0 Å². The molecule has 1 amide bonds. The molecule has 0 radical (unpaired) electrons. The second-order valence-electron chi connectivity index (χ2n) is 4.25. The van der Waals surface area contributed by atoms with Gasteiger partial charge in [0.25, 0.3) is 5.91 Å². The number of carbonyl (C=O) groups is 2. The van der Waals surface area contributed by atoms with Crippen molar-refractivity contribution in [1.29, 1.82) is 0 Å². The molecule has 2 N–H and O–H groups in total. The highest BCUT2D eigenvalue weighted by molar-refractivity contribution is 9.10. The third kappa shape index (κ3) is 4.26. The predicted molar refractivity (Wildman–Crippen MR) is 72.5 cm³/mol. The van der Waals surface area contributed by atoms with Crippen molar-refractivity contribution in [1.82, 2.24) is 5.32 Å². The van der Waals surface area contributed by atoms with Crippen molar-refractivity contribution in [2.24, 2.45) is 0 Å². The summed E-state index contributed by atoms with van der Waals surface area (Å²) in [5, 5.41) is 11.1. The Kier molecular flexibility index (Phi) is 6.06. The lowest BCUT2D eigenvalue weighted by Crippen LogP contribution is -2.41. The van der Waals surface area contributed by atoms with Gasteiger partial charge in [0.1, 0.15) is 23.2 Å². The van der Waals surface area contributed by atoms with Gasteiger partial charge in [-0.2, -0.15) is 0 Å². The molecule has 0 saturated carbocycles. The number of hydrogen-bond donors (Lipinski definition) is 2. The van der Waals surface area contributed by atoms with Gasteiger partial charge in [0.05, 0.1) is 0 Å². The molecule has 0 unspecified atom stereocenters. The first-order chi connectivity index (χ1) is 9.36. The van der Waals surface area contributed by atoms with Crippen molar-refractivity contribution < 1.29 is 23.5 Å². The zero-order valence-electron chi connectivity index (χ0n) is 10.8. The van der Waals surface area contributed by atoms with Crippen LogP contribution in [0, 0.1) is 11.6 Å². The van der Waals surface area contributed by atoms with Crippen LogP contribution in [-0.4, -0.2) is 23.0 Å². The monoisotopic (exact) mass is 349 g/mol. The van der Waals surface area contributed by atoms with Gasteiger partial charge in [-0.05, 0) is 18.6 Å². The molecule has 1 aromatic rings. The van der Waals surface area contributed by atoms with Gasteiger partial charge in [-0.1, -0.05) is 35.7 Å². The molecule has 0 aliphatic heterocycles. The number of nitrogens with one attached hydrogen (secondary N) is 1. The van der Waals surface area contributed by atoms with Crippen LogP contribution < -0.4 is 5.32 Å². The number of aliphatic carboxylic acids is 1. The highest BCUT2D eigenvalue weighted by Gasteiger charge is 2.24. The smallest absolute Gasteiger partial charge is 0.326 e. The number of carbonyl (C=O) groups excluding carboxylic acids is 1. The van der Waals surface area contributed by atoms with E-state index in [1.165, 1.54) is 0 Å². The quantitative estimate of drug-likeness (QED) is 0.829. The number of rotatable bonds is 6. The average molecular weight is 350 g/mol. The molecular formula is C13H14BrF2NO3. The lowest BCUT2D eigenvalue weighted by molar-refractivity contribution is -0.139. The minimum atomic E-state index is -1.23. The Morgan fingerprint density at radius 2 is 1.90 bits per heavy atom. The second kappa shape index (κ2) is 7.33. The minimum absolute atomic E-state index is 0.157. The van der Waals surface area contributed by atoms with Gasteiger partial charge in [-0.3, -0.25) is 4.79 Å². The standard InChI is InChI=1S/C13H14BrF2NO3/c1-2-3-4-10(13(19)20)17-12(18)11-8(15)5-7(14)6-9(11)16/h5-6,10H,2-4H2,1H3,(H,17,18)(H,19,20)/t10-/m0/s1. The van der Waals surface area contributed by atoms with E-state index in [-0.39, 0.29) is 10.9 Å². The molecule has 0 saturated heterocycles. The van der Waals surface area contributed by atoms with E-state index in [1.54, 1.807) is 0 Å². The van der Waals surface area contributed by atoms with Gasteiger partial charge in [0.2, 0.25) is 0 Å². The summed E-state index contributed by atoms with van der Waals surface area (Å²) in [5.74, 6) is -4.40. The molecule has 1 atom stereocenters. The lowest BCUT2D eigenvalue weighted by Gasteiger charge is -2.14. The Labute approximate surface area is 123 Å². The normalized spacial score (nSPS) is 12.0. The molecule has 0 bridgehead atoms. The van der Waals surface area contributed by atoms with Crippen LogP contribution in [0.15, 0.2) is 16.6 Å². The summed E-state index contributed by atoms with van der Waals surface area (Å²) < 4.78 is 27.3. The van der Waals surface area contributed by atoms with Crippen molar-refractivity contribution in [2.45, 2.75) is 32.2 Å². The van der Waals surface area contributed by atoms with Gasteiger partial charge in [-0.15, -0.1) is 0 Å². The van der Waals surface area contributed by atoms with Crippen LogP contribution in [0.5, 0.6) is 0 Å². The van der Waals surface area contributed by atoms with Gasteiger partial charge in [0, 0.05) is 4.47 Å². The van der Waals surface area contributed by atoms with Gasteiger partial charge < -0.3 is 10.4 Å². The third-order valence-corrected chi connectivity index (χ3v) is 3.14. The van der Waals surface area contributed by atoms with E-state index in [4.69, 9.17) is 5.11 Å². The van der Waals surface area contributed by atoms with E-state index in [2.05, 4.69) is 21.2 Å². The number of halogens is 3. The minimum Gasteiger partial charge on any atom is -0.480 e. The van der Waals surface area contributed by atoms with Crippen molar-refractivity contribution in [3.63, 3.8) is 0 Å². The van der Waals surface area contributed by atoms with Crippen LogP contribution >= 0.6 is 15.9 Å². The lowest BCUT2D eigenvalue weighted by atomic mass is 10.1. The molecule has 0 aromatic heterocycles. The number of hydrogen-bond acceptors (Lipinski definition) is 2. The van der Waals surface area contributed by atoms with E-state index >= 15 is 0 Å². The van der Waals surface area contributed by atoms with Crippen LogP contribution in [0.4, 0.5) is 8.78 Å². The number of carboxylic acid groups (broad SMARTS) is 1. The maximum atomic E-state index is 13.6. The Hall–Kier alpha value is -1.50. The van der Waals surface area contributed by atoms with E-state index in [9.17, 15) is 18.4 Å². The van der Waals surface area contributed by atoms with Crippen LogP contribution in [0.1, 0.15) is 36.5 Å². The van der Waals surface area contributed by atoms with Crippen LogP contribution in [0.2, 0.25) is 0 Å².